The normalized spacial score (nSPS) is 10.4. The highest BCUT2D eigenvalue weighted by Crippen LogP contribution is 2.41. The lowest BCUT2D eigenvalue weighted by Crippen LogP contribution is -3.00. The van der Waals surface area contributed by atoms with Crippen LogP contribution in [0, 0.1) is 10.1 Å². The summed E-state index contributed by atoms with van der Waals surface area (Å²) in [6, 6.07) is 20.7. The summed E-state index contributed by atoms with van der Waals surface area (Å²) < 4.78 is 0. The van der Waals surface area contributed by atoms with Crippen molar-refractivity contribution < 1.29 is 21.9 Å². The van der Waals surface area contributed by atoms with Crippen molar-refractivity contribution >= 4 is 17.0 Å². The molecule has 0 atom stereocenters. The molecule has 0 N–H and O–H groups in total. The molecule has 4 rings (SSSR count). The molecule has 0 spiro atoms. The number of pyridine rings is 1. The van der Waals surface area contributed by atoms with E-state index in [4.69, 9.17) is 4.98 Å². The van der Waals surface area contributed by atoms with Crippen molar-refractivity contribution in [3.8, 4) is 32.3 Å². The van der Waals surface area contributed by atoms with Crippen molar-refractivity contribution in [3.05, 3.63) is 88.7 Å². The minimum absolute atomic E-state index is 0. The van der Waals surface area contributed by atoms with E-state index in [1.807, 2.05) is 42.6 Å². The van der Waals surface area contributed by atoms with Crippen molar-refractivity contribution in [2.75, 3.05) is 0 Å². The Morgan fingerprint density at radius 2 is 1.70 bits per heavy atom. The second-order valence-corrected chi connectivity index (χ2v) is 7.65. The maximum Gasteiger partial charge on any atom is 0.269 e. The highest BCUT2D eigenvalue weighted by atomic mass is 79.9. The molecule has 7 heteroatoms. The van der Waals surface area contributed by atoms with E-state index < -0.39 is 0 Å². The van der Waals surface area contributed by atoms with E-state index in [2.05, 4.69) is 18.0 Å². The lowest BCUT2D eigenvalue weighted by Gasteiger charge is -2.02. The first-order valence-corrected chi connectivity index (χ1v) is 10.2. The summed E-state index contributed by atoms with van der Waals surface area (Å²) in [6.07, 6.45) is 3.80. The first-order valence-electron chi connectivity index (χ1n) is 9.42. The number of hydrogen-bond donors (Lipinski definition) is 0. The van der Waals surface area contributed by atoms with Gasteiger partial charge < -0.3 is 17.0 Å². The van der Waals surface area contributed by atoms with E-state index in [1.165, 1.54) is 12.1 Å². The zero-order valence-electron chi connectivity index (χ0n) is 16.3. The Morgan fingerprint density at radius 1 is 0.967 bits per heavy atom. The zero-order valence-corrected chi connectivity index (χ0v) is 18.7. The van der Waals surface area contributed by atoms with Gasteiger partial charge in [0.15, 0.2) is 0 Å². The van der Waals surface area contributed by atoms with E-state index >= 15 is 0 Å². The number of nitro groups is 1. The second kappa shape index (κ2) is 9.73. The van der Waals surface area contributed by atoms with Crippen LogP contribution in [0.4, 0.5) is 5.69 Å². The lowest BCUT2D eigenvalue weighted by molar-refractivity contribution is -0.384. The Kier molecular flexibility index (Phi) is 7.07. The van der Waals surface area contributed by atoms with Gasteiger partial charge in [-0.25, -0.2) is 4.98 Å². The van der Waals surface area contributed by atoms with Crippen LogP contribution in [-0.4, -0.2) is 14.9 Å². The van der Waals surface area contributed by atoms with Gasteiger partial charge in [0.1, 0.15) is 5.01 Å². The van der Waals surface area contributed by atoms with Crippen LogP contribution in [-0.2, 0) is 6.42 Å². The SMILES string of the molecule is CCCc1cc(-c2nc(-c3ccccc3)c(-c3ccc([N+](=O)[O-])cc3)s2)ccn1.[Br-]. The molecule has 0 aliphatic rings. The predicted octanol–water partition coefficient (Wildman–Crippen LogP) is 3.40. The topological polar surface area (TPSA) is 68.9 Å². The van der Waals surface area contributed by atoms with Crippen LogP contribution in [0.3, 0.4) is 0 Å². The van der Waals surface area contributed by atoms with Gasteiger partial charge in [-0.05, 0) is 36.2 Å². The summed E-state index contributed by atoms with van der Waals surface area (Å²) in [7, 11) is 0. The molecule has 5 nitrogen and oxygen atoms in total. The standard InChI is InChI=1S/C23H19N3O2S.BrH/c1-2-6-19-15-18(13-14-24-19)23-25-21(16-7-4-3-5-8-16)22(29-23)17-9-11-20(12-10-17)26(27)28;/h3-5,7-15H,2,6H2,1H3;1H/p-1. The van der Waals surface area contributed by atoms with Crippen molar-refractivity contribution in [2.45, 2.75) is 19.8 Å². The van der Waals surface area contributed by atoms with E-state index in [9.17, 15) is 10.1 Å². The molecule has 2 aromatic carbocycles. The maximum absolute atomic E-state index is 11.0. The van der Waals surface area contributed by atoms with Crippen molar-refractivity contribution in [1.82, 2.24) is 9.97 Å². The molecular weight excluding hydrogens is 462 g/mol. The van der Waals surface area contributed by atoms with Crippen LogP contribution in [0.2, 0.25) is 0 Å². The molecule has 0 aliphatic heterocycles. The first kappa shape index (κ1) is 21.8. The third-order valence-corrected chi connectivity index (χ3v) is 5.74. The molecule has 0 aliphatic carbocycles. The van der Waals surface area contributed by atoms with Gasteiger partial charge in [0, 0.05) is 35.2 Å². The number of thiazole rings is 1. The van der Waals surface area contributed by atoms with Crippen LogP contribution in [0.5, 0.6) is 0 Å². The van der Waals surface area contributed by atoms with Gasteiger partial charge in [-0.15, -0.1) is 11.3 Å². The Hall–Kier alpha value is -2.90. The summed E-state index contributed by atoms with van der Waals surface area (Å²) in [4.78, 5) is 21.0. The van der Waals surface area contributed by atoms with Crippen LogP contribution >= 0.6 is 11.3 Å². The Balaban J connectivity index is 0.00000256. The maximum atomic E-state index is 11.0. The quantitative estimate of drug-likeness (QED) is 0.313. The summed E-state index contributed by atoms with van der Waals surface area (Å²) in [5.74, 6) is 0. The van der Waals surface area contributed by atoms with E-state index in [-0.39, 0.29) is 27.6 Å². The third-order valence-electron chi connectivity index (χ3n) is 4.58. The Morgan fingerprint density at radius 3 is 2.37 bits per heavy atom. The van der Waals surface area contributed by atoms with Crippen LogP contribution in [0.1, 0.15) is 19.0 Å². The smallest absolute Gasteiger partial charge is 0.269 e. The molecular formula is C23H19BrN3O2S-. The number of rotatable bonds is 6. The van der Waals surface area contributed by atoms with Gasteiger partial charge in [0.25, 0.3) is 5.69 Å². The highest BCUT2D eigenvalue weighted by Gasteiger charge is 2.17. The monoisotopic (exact) mass is 480 g/mol. The summed E-state index contributed by atoms with van der Waals surface area (Å²) in [5, 5.41) is 11.9. The van der Waals surface area contributed by atoms with Crippen LogP contribution in [0.15, 0.2) is 72.9 Å². The van der Waals surface area contributed by atoms with Crippen molar-refractivity contribution in [2.24, 2.45) is 0 Å². The van der Waals surface area contributed by atoms with E-state index in [0.717, 1.165) is 50.8 Å². The molecule has 2 aromatic heterocycles. The molecule has 30 heavy (non-hydrogen) atoms. The van der Waals surface area contributed by atoms with Crippen LogP contribution < -0.4 is 17.0 Å². The molecule has 0 saturated heterocycles. The average molecular weight is 481 g/mol. The van der Waals surface area contributed by atoms with Crippen molar-refractivity contribution in [3.63, 3.8) is 0 Å². The van der Waals surface area contributed by atoms with Gasteiger partial charge in [-0.3, -0.25) is 15.1 Å². The molecule has 4 aromatic rings. The molecule has 0 bridgehead atoms. The number of hydrogen-bond acceptors (Lipinski definition) is 5. The molecule has 0 radical (unpaired) electrons. The third kappa shape index (κ3) is 4.63. The van der Waals surface area contributed by atoms with Gasteiger partial charge in [0.05, 0.1) is 15.5 Å². The number of nitro benzene ring substituents is 1. The molecule has 0 unspecified atom stereocenters. The van der Waals surface area contributed by atoms with Crippen molar-refractivity contribution in [1.29, 1.82) is 0 Å². The number of aromatic nitrogens is 2. The molecule has 0 fully saturated rings. The number of nitrogens with zero attached hydrogens (tertiary/aromatic N) is 3. The highest BCUT2D eigenvalue weighted by molar-refractivity contribution is 7.19. The predicted molar refractivity (Wildman–Crippen MR) is 117 cm³/mol. The molecule has 0 amide bonds. The minimum Gasteiger partial charge on any atom is -1.00 e. The second-order valence-electron chi connectivity index (χ2n) is 6.65. The average Bonchev–Trinajstić information content (AvgIpc) is 3.20. The minimum atomic E-state index is -0.383. The molecule has 2 heterocycles. The summed E-state index contributed by atoms with van der Waals surface area (Å²) in [6.45, 7) is 2.14. The van der Waals surface area contributed by atoms with Gasteiger partial charge in [-0.2, -0.15) is 0 Å². The summed E-state index contributed by atoms with van der Waals surface area (Å²) in [5.41, 5.74) is 5.00. The fraction of sp³-hybridized carbons (Fsp3) is 0.130. The Bertz CT molecular complexity index is 1140. The van der Waals surface area contributed by atoms with Gasteiger partial charge in [-0.1, -0.05) is 43.7 Å². The first-order chi connectivity index (χ1) is 14.2. The fourth-order valence-electron chi connectivity index (χ4n) is 3.17. The van der Waals surface area contributed by atoms with E-state index in [1.54, 1.807) is 23.5 Å². The summed E-state index contributed by atoms with van der Waals surface area (Å²) >= 11 is 1.59. The number of benzene rings is 2. The van der Waals surface area contributed by atoms with Crippen LogP contribution in [0.25, 0.3) is 32.3 Å². The number of aryl methyl sites for hydroxylation is 1. The fourth-order valence-corrected chi connectivity index (χ4v) is 4.26. The molecule has 152 valence electrons. The number of halogens is 1. The van der Waals surface area contributed by atoms with Gasteiger partial charge >= 0.3 is 0 Å². The largest absolute Gasteiger partial charge is 1.00 e. The molecule has 0 saturated carbocycles. The van der Waals surface area contributed by atoms with Gasteiger partial charge in [0.2, 0.25) is 0 Å². The Labute approximate surface area is 189 Å². The zero-order chi connectivity index (χ0) is 20.2. The van der Waals surface area contributed by atoms with E-state index in [0.29, 0.717) is 0 Å². The number of non-ortho nitro benzene ring substituents is 1. The lowest BCUT2D eigenvalue weighted by atomic mass is 10.1.